The fraction of sp³-hybridized carbons (Fsp3) is 0.231. The first-order chi connectivity index (χ1) is 16.5. The van der Waals surface area contributed by atoms with E-state index in [4.69, 9.17) is 9.84 Å². The summed E-state index contributed by atoms with van der Waals surface area (Å²) in [5.74, 6) is -0.208. The van der Waals surface area contributed by atoms with E-state index in [9.17, 15) is 14.3 Å². The molecule has 0 radical (unpaired) electrons. The van der Waals surface area contributed by atoms with Crippen LogP contribution in [0.3, 0.4) is 0 Å². The van der Waals surface area contributed by atoms with Crippen LogP contribution in [0.4, 0.5) is 4.39 Å². The number of hydrogen-bond acceptors (Lipinski definition) is 4. The summed E-state index contributed by atoms with van der Waals surface area (Å²) in [5, 5.41) is 14.3. The smallest absolute Gasteiger partial charge is 0.250 e. The Balaban J connectivity index is 1.49. The summed E-state index contributed by atoms with van der Waals surface area (Å²) >= 11 is 3.53. The largest absolute Gasteiger partial charge is 0.508 e. The van der Waals surface area contributed by atoms with Crippen molar-refractivity contribution >= 4 is 27.5 Å². The van der Waals surface area contributed by atoms with Gasteiger partial charge in [-0.25, -0.2) is 9.07 Å². The Bertz CT molecular complexity index is 1270. The number of carbonyl (C=O) groups excluding carboxylic acids is 1. The summed E-state index contributed by atoms with van der Waals surface area (Å²) in [4.78, 5) is 14.4. The third-order valence-electron chi connectivity index (χ3n) is 6.04. The van der Waals surface area contributed by atoms with E-state index in [0.29, 0.717) is 18.7 Å². The second-order valence-corrected chi connectivity index (χ2v) is 9.34. The van der Waals surface area contributed by atoms with Crippen LogP contribution in [0, 0.1) is 5.82 Å². The number of halogens is 2. The molecule has 1 amide bonds. The normalized spacial score (nSPS) is 18.2. The molecule has 0 bridgehead atoms. The molecule has 1 atom stereocenters. The van der Waals surface area contributed by atoms with Gasteiger partial charge in [-0.15, -0.1) is 0 Å². The molecule has 174 valence electrons. The first-order valence-corrected chi connectivity index (χ1v) is 11.9. The molecule has 1 unspecified atom stereocenters. The minimum absolute atomic E-state index is 0.00728. The molecule has 1 aliphatic carbocycles. The number of phenolic OH excluding ortho intramolecular Hbond substituents is 1. The van der Waals surface area contributed by atoms with E-state index in [0.717, 1.165) is 39.7 Å². The van der Waals surface area contributed by atoms with Crippen LogP contribution < -0.4 is 0 Å². The Labute approximate surface area is 205 Å². The molecule has 3 aromatic rings. The van der Waals surface area contributed by atoms with Crippen molar-refractivity contribution in [1.82, 2.24) is 14.7 Å². The van der Waals surface area contributed by atoms with Crippen molar-refractivity contribution in [2.45, 2.75) is 25.5 Å². The van der Waals surface area contributed by atoms with Gasteiger partial charge in [-0.05, 0) is 71.8 Å². The van der Waals surface area contributed by atoms with E-state index in [1.165, 1.54) is 12.1 Å². The summed E-state index contributed by atoms with van der Waals surface area (Å²) in [5.41, 5.74) is 4.21. The van der Waals surface area contributed by atoms with Gasteiger partial charge in [0.25, 0.3) is 5.91 Å². The van der Waals surface area contributed by atoms with Crippen LogP contribution in [0.15, 0.2) is 71.4 Å². The lowest BCUT2D eigenvalue weighted by Crippen LogP contribution is -2.30. The number of benzene rings is 2. The van der Waals surface area contributed by atoms with Crippen LogP contribution in [-0.2, 0) is 16.0 Å². The Morgan fingerprint density at radius 3 is 2.56 bits per heavy atom. The van der Waals surface area contributed by atoms with Gasteiger partial charge >= 0.3 is 0 Å². The van der Waals surface area contributed by atoms with Gasteiger partial charge in [-0.1, -0.05) is 34.1 Å². The second kappa shape index (κ2) is 9.56. The molecular weight excluding hydrogens is 501 g/mol. The maximum atomic E-state index is 13.6. The Kier molecular flexibility index (Phi) is 6.34. The SMILES string of the molecule is O=C1COC(c2cn(C3=CC=C(Br)CC3)nc2-c2ccc(F)cc2)N1CCc1ccc(O)cc1. The van der Waals surface area contributed by atoms with Gasteiger partial charge in [0.2, 0.25) is 0 Å². The van der Waals surface area contributed by atoms with E-state index < -0.39 is 6.23 Å². The highest BCUT2D eigenvalue weighted by Gasteiger charge is 2.36. The van der Waals surface area contributed by atoms with Gasteiger partial charge < -0.3 is 14.7 Å². The van der Waals surface area contributed by atoms with E-state index in [2.05, 4.69) is 15.9 Å². The molecule has 1 fully saturated rings. The van der Waals surface area contributed by atoms with E-state index in [1.807, 2.05) is 35.2 Å². The third kappa shape index (κ3) is 4.69. The first kappa shape index (κ1) is 22.6. The van der Waals surface area contributed by atoms with Crippen molar-refractivity contribution in [3.63, 3.8) is 0 Å². The average Bonchev–Trinajstić information content (AvgIpc) is 3.43. The maximum absolute atomic E-state index is 13.6. The third-order valence-corrected chi connectivity index (χ3v) is 6.70. The molecule has 1 aromatic heterocycles. The van der Waals surface area contributed by atoms with Gasteiger partial charge in [-0.2, -0.15) is 5.10 Å². The van der Waals surface area contributed by atoms with Gasteiger partial charge in [0.05, 0.1) is 0 Å². The first-order valence-electron chi connectivity index (χ1n) is 11.1. The average molecular weight is 524 g/mol. The molecule has 8 heteroatoms. The van der Waals surface area contributed by atoms with Crippen molar-refractivity contribution in [3.05, 3.63) is 88.3 Å². The fourth-order valence-electron chi connectivity index (χ4n) is 4.20. The highest BCUT2D eigenvalue weighted by molar-refractivity contribution is 9.11. The molecule has 2 aromatic carbocycles. The van der Waals surface area contributed by atoms with Crippen LogP contribution in [0.2, 0.25) is 0 Å². The number of hydrogen-bond donors (Lipinski definition) is 1. The van der Waals surface area contributed by atoms with Crippen LogP contribution in [-0.4, -0.2) is 38.8 Å². The van der Waals surface area contributed by atoms with Crippen LogP contribution >= 0.6 is 15.9 Å². The van der Waals surface area contributed by atoms with Crippen molar-refractivity contribution in [2.75, 3.05) is 13.2 Å². The maximum Gasteiger partial charge on any atom is 0.250 e. The van der Waals surface area contributed by atoms with Crippen molar-refractivity contribution < 1.29 is 19.0 Å². The highest BCUT2D eigenvalue weighted by atomic mass is 79.9. The fourth-order valence-corrected chi connectivity index (χ4v) is 4.54. The molecule has 1 aliphatic heterocycles. The minimum Gasteiger partial charge on any atom is -0.508 e. The number of nitrogens with zero attached hydrogens (tertiary/aromatic N) is 3. The van der Waals surface area contributed by atoms with Gasteiger partial charge in [0.15, 0.2) is 6.23 Å². The van der Waals surface area contributed by atoms with Crippen LogP contribution in [0.25, 0.3) is 17.0 Å². The zero-order valence-corrected chi connectivity index (χ0v) is 19.9. The van der Waals surface area contributed by atoms with Crippen molar-refractivity contribution in [1.29, 1.82) is 0 Å². The van der Waals surface area contributed by atoms with E-state index in [1.54, 1.807) is 29.2 Å². The van der Waals surface area contributed by atoms with Gasteiger partial charge in [0.1, 0.15) is 23.9 Å². The zero-order valence-electron chi connectivity index (χ0n) is 18.3. The standard InChI is InChI=1S/C26H23BrFN3O3/c27-19-5-9-21(10-6-19)31-15-23(25(29-31)18-3-7-20(28)8-4-18)26-30(24(33)16-34-26)14-13-17-1-11-22(32)12-2-17/h1-5,7-9,11-12,15,26,32H,6,10,13-14,16H2. The summed E-state index contributed by atoms with van der Waals surface area (Å²) < 4.78 is 22.5. The summed E-state index contributed by atoms with van der Waals surface area (Å²) in [6.45, 7) is 0.452. The van der Waals surface area contributed by atoms with Gasteiger partial charge in [0, 0.05) is 29.6 Å². The van der Waals surface area contributed by atoms with Gasteiger partial charge in [-0.3, -0.25) is 4.79 Å². The second-order valence-electron chi connectivity index (χ2n) is 8.32. The summed E-state index contributed by atoms with van der Waals surface area (Å²) in [7, 11) is 0. The number of amides is 1. The molecular formula is C26H23BrFN3O3. The summed E-state index contributed by atoms with van der Waals surface area (Å²) in [6.07, 6.45) is 7.66. The number of aromatic nitrogens is 2. The van der Waals surface area contributed by atoms with E-state index in [-0.39, 0.29) is 24.1 Å². The van der Waals surface area contributed by atoms with Crippen molar-refractivity contribution in [2.24, 2.45) is 0 Å². The van der Waals surface area contributed by atoms with Crippen LogP contribution in [0.1, 0.15) is 30.2 Å². The molecule has 0 saturated carbocycles. The number of phenols is 1. The molecule has 0 spiro atoms. The Morgan fingerprint density at radius 1 is 1.09 bits per heavy atom. The quantitative estimate of drug-likeness (QED) is 0.469. The number of rotatable bonds is 6. The van der Waals surface area contributed by atoms with Crippen LogP contribution in [0.5, 0.6) is 5.75 Å². The molecule has 34 heavy (non-hydrogen) atoms. The molecule has 1 N–H and O–H groups in total. The number of carbonyl (C=O) groups is 1. The predicted octanol–water partition coefficient (Wildman–Crippen LogP) is 5.41. The summed E-state index contributed by atoms with van der Waals surface area (Å²) in [6, 6.07) is 13.1. The topological polar surface area (TPSA) is 67.6 Å². The lowest BCUT2D eigenvalue weighted by Gasteiger charge is -2.23. The molecule has 5 rings (SSSR count). The lowest BCUT2D eigenvalue weighted by molar-refractivity contribution is -0.128. The molecule has 2 heterocycles. The predicted molar refractivity (Wildman–Crippen MR) is 130 cm³/mol. The molecule has 1 saturated heterocycles. The van der Waals surface area contributed by atoms with Crippen molar-refractivity contribution in [3.8, 4) is 17.0 Å². The number of allylic oxidation sites excluding steroid dienone is 4. The Morgan fingerprint density at radius 2 is 1.85 bits per heavy atom. The minimum atomic E-state index is -0.593. The number of aromatic hydroxyl groups is 1. The number of ether oxygens (including phenoxy) is 1. The molecule has 6 nitrogen and oxygen atoms in total. The Hall–Kier alpha value is -3.23. The lowest BCUT2D eigenvalue weighted by atomic mass is 10.1. The zero-order chi connectivity index (χ0) is 23.7. The molecule has 2 aliphatic rings. The highest BCUT2D eigenvalue weighted by Crippen LogP contribution is 2.36. The van der Waals surface area contributed by atoms with E-state index >= 15 is 0 Å². The monoisotopic (exact) mass is 523 g/mol.